The van der Waals surface area contributed by atoms with Crippen LogP contribution in [0.1, 0.15) is 20.8 Å². The van der Waals surface area contributed by atoms with Crippen LogP contribution in [-0.2, 0) is 9.59 Å². The average Bonchev–Trinajstić information content (AvgIpc) is 3.31. The minimum atomic E-state index is -0.995. The number of amides is 1. The van der Waals surface area contributed by atoms with Crippen molar-refractivity contribution >= 4 is 29.3 Å². The van der Waals surface area contributed by atoms with Crippen LogP contribution in [0.3, 0.4) is 0 Å². The molecule has 0 radical (unpaired) electrons. The highest BCUT2D eigenvalue weighted by Gasteiger charge is 2.69. The van der Waals surface area contributed by atoms with Gasteiger partial charge in [0.1, 0.15) is 28.3 Å². The van der Waals surface area contributed by atoms with Gasteiger partial charge < -0.3 is 19.8 Å². The van der Waals surface area contributed by atoms with E-state index in [4.69, 9.17) is 4.52 Å². The molecule has 2 saturated heterocycles. The molecule has 3 aromatic rings. The summed E-state index contributed by atoms with van der Waals surface area (Å²) in [6.07, 6.45) is 0. The van der Waals surface area contributed by atoms with Gasteiger partial charge >= 0.3 is 5.97 Å². The lowest BCUT2D eigenvalue weighted by Crippen LogP contribution is -2.75. The van der Waals surface area contributed by atoms with Crippen LogP contribution in [0.2, 0.25) is 0 Å². The molecular weight excluding hydrogens is 426 g/mol. The Morgan fingerprint density at radius 3 is 2.25 bits per heavy atom. The van der Waals surface area contributed by atoms with Crippen LogP contribution in [0.4, 0.5) is 5.69 Å². The first kappa shape index (κ1) is 20.6. The number of nitrogens with one attached hydrogen (secondary N) is 1. The summed E-state index contributed by atoms with van der Waals surface area (Å²) < 4.78 is 5.15. The Labute approximate surface area is 189 Å². The van der Waals surface area contributed by atoms with Crippen LogP contribution >= 0.6 is 11.8 Å². The number of rotatable bonds is 5. The lowest BCUT2D eigenvalue weighted by Gasteiger charge is -2.51. The predicted molar refractivity (Wildman–Crippen MR) is 123 cm³/mol. The van der Waals surface area contributed by atoms with Gasteiger partial charge in [0.05, 0.1) is 0 Å². The molecule has 8 heteroatoms. The number of carbonyl (C=O) groups excluding carboxylic acids is 1. The normalized spacial score (nSPS) is 25.8. The van der Waals surface area contributed by atoms with Crippen molar-refractivity contribution in [1.29, 1.82) is 0 Å². The molecule has 3 heterocycles. The van der Waals surface area contributed by atoms with Crippen molar-refractivity contribution in [2.45, 2.75) is 42.5 Å². The summed E-state index contributed by atoms with van der Waals surface area (Å²) in [6, 6.07) is 18.3. The molecule has 32 heavy (non-hydrogen) atoms. The number of aromatic nitrogens is 1. The van der Waals surface area contributed by atoms with Crippen LogP contribution in [0.25, 0.3) is 22.6 Å². The number of carboxylic acids is 1. The highest BCUT2D eigenvalue weighted by atomic mass is 32.2. The molecular formula is C24H23N3O4S. The van der Waals surface area contributed by atoms with Crippen LogP contribution in [0.5, 0.6) is 0 Å². The molecule has 3 atom stereocenters. The zero-order valence-electron chi connectivity index (χ0n) is 17.9. The molecule has 0 saturated carbocycles. The highest BCUT2D eigenvalue weighted by Crippen LogP contribution is 2.56. The number of aliphatic carboxylic acids is 1. The molecule has 164 valence electrons. The van der Waals surface area contributed by atoms with Gasteiger partial charge in [-0.15, -0.1) is 11.8 Å². The van der Waals surface area contributed by atoms with Gasteiger partial charge in [-0.1, -0.05) is 65.8 Å². The molecule has 2 N–H and O–H groups in total. The molecule has 2 aliphatic heterocycles. The molecule has 1 aromatic heterocycles. The van der Waals surface area contributed by atoms with Crippen LogP contribution < -0.4 is 5.32 Å². The first-order chi connectivity index (χ1) is 15.2. The molecule has 0 bridgehead atoms. The van der Waals surface area contributed by atoms with E-state index in [1.165, 1.54) is 16.7 Å². The summed E-state index contributed by atoms with van der Waals surface area (Å²) >= 11 is 1.50. The number of hydrogen-bond acceptors (Lipinski definition) is 6. The minimum absolute atomic E-state index is 0.243. The van der Waals surface area contributed by atoms with Crippen LogP contribution in [0, 0.1) is 0 Å². The third-order valence-corrected chi connectivity index (χ3v) is 7.92. The van der Waals surface area contributed by atoms with Gasteiger partial charge in [0.15, 0.2) is 5.76 Å². The van der Waals surface area contributed by atoms with Crippen molar-refractivity contribution in [3.05, 3.63) is 60.7 Å². The number of fused-ring (bicyclic) bond motifs is 1. The van der Waals surface area contributed by atoms with E-state index in [1.54, 1.807) is 0 Å². The van der Waals surface area contributed by atoms with Crippen molar-refractivity contribution < 1.29 is 19.2 Å². The Morgan fingerprint density at radius 1 is 1.06 bits per heavy atom. The van der Waals surface area contributed by atoms with E-state index in [1.807, 2.05) is 81.4 Å². The summed E-state index contributed by atoms with van der Waals surface area (Å²) in [6.45, 7) is 5.56. The third kappa shape index (κ3) is 2.93. The van der Waals surface area contributed by atoms with Gasteiger partial charge in [-0.3, -0.25) is 4.79 Å². The summed E-state index contributed by atoms with van der Waals surface area (Å²) in [5.74, 6) is -0.693. The Kier molecular flexibility index (Phi) is 4.60. The summed E-state index contributed by atoms with van der Waals surface area (Å²) in [5, 5.41) is 17.2. The Morgan fingerprint density at radius 2 is 1.66 bits per heavy atom. The van der Waals surface area contributed by atoms with Crippen molar-refractivity contribution in [1.82, 2.24) is 10.1 Å². The van der Waals surface area contributed by atoms with E-state index in [2.05, 4.69) is 10.5 Å². The summed E-state index contributed by atoms with van der Waals surface area (Å²) in [5.41, 5.74) is 1.92. The van der Waals surface area contributed by atoms with Crippen molar-refractivity contribution in [3.63, 3.8) is 0 Å². The molecule has 0 aliphatic carbocycles. The van der Waals surface area contributed by atoms with E-state index in [-0.39, 0.29) is 11.3 Å². The fourth-order valence-corrected chi connectivity index (χ4v) is 6.23. The highest BCUT2D eigenvalue weighted by molar-refractivity contribution is 8.01. The maximum atomic E-state index is 13.3. The standard InChI is InChI=1S/C24H23N3O4S/c1-23(2)19(20(28)29)27-21(30)24(3,22(27)32-23)25-17-16(14-10-6-4-7-11-14)26-31-18(17)15-12-8-5-9-13-15/h4-13,19,22,25H,1-3H3,(H,28,29)/t19-,22+,24?/m0/s1. The number of β-lactam (4-membered cyclic amide) rings is 1. The maximum Gasteiger partial charge on any atom is 0.327 e. The Hall–Kier alpha value is -3.26. The van der Waals surface area contributed by atoms with Gasteiger partial charge in [-0.25, -0.2) is 4.79 Å². The van der Waals surface area contributed by atoms with E-state index in [0.29, 0.717) is 17.1 Å². The Bertz CT molecular complexity index is 1140. The lowest BCUT2D eigenvalue weighted by molar-refractivity contribution is -0.163. The van der Waals surface area contributed by atoms with Gasteiger partial charge in [0, 0.05) is 15.9 Å². The second kappa shape index (κ2) is 7.13. The number of thioether (sulfide) groups is 1. The fraction of sp³-hybridized carbons (Fsp3) is 0.292. The number of carboxylic acid groups (broad SMARTS) is 1. The van der Waals surface area contributed by atoms with E-state index >= 15 is 0 Å². The first-order valence-corrected chi connectivity index (χ1v) is 11.2. The SMILES string of the molecule is CC1(C)S[C@H]2N(C(=O)C2(C)Nc2c(-c3ccccc3)noc2-c2ccccc2)[C@H]1C(=O)O. The zero-order chi connectivity index (χ0) is 22.7. The molecule has 1 amide bonds. The number of hydrogen-bond donors (Lipinski definition) is 2. The van der Waals surface area contributed by atoms with E-state index in [0.717, 1.165) is 11.1 Å². The molecule has 2 aromatic carbocycles. The first-order valence-electron chi connectivity index (χ1n) is 10.4. The van der Waals surface area contributed by atoms with Gasteiger partial charge in [0.25, 0.3) is 5.91 Å². The van der Waals surface area contributed by atoms with Crippen molar-refractivity contribution in [3.8, 4) is 22.6 Å². The summed E-state index contributed by atoms with van der Waals surface area (Å²) in [7, 11) is 0. The predicted octanol–water partition coefficient (Wildman–Crippen LogP) is 4.33. The van der Waals surface area contributed by atoms with Gasteiger partial charge in [-0.2, -0.15) is 0 Å². The van der Waals surface area contributed by atoms with Crippen LogP contribution in [-0.4, -0.2) is 48.7 Å². The molecule has 2 aliphatic rings. The number of benzene rings is 2. The van der Waals surface area contributed by atoms with Crippen LogP contribution in [0.15, 0.2) is 65.2 Å². The molecule has 7 nitrogen and oxygen atoms in total. The summed E-state index contributed by atoms with van der Waals surface area (Å²) in [4.78, 5) is 26.7. The van der Waals surface area contributed by atoms with Crippen molar-refractivity contribution in [2.24, 2.45) is 0 Å². The molecule has 0 spiro atoms. The zero-order valence-corrected chi connectivity index (χ0v) is 18.7. The third-order valence-electron chi connectivity index (χ3n) is 6.17. The molecule has 2 fully saturated rings. The van der Waals surface area contributed by atoms with Gasteiger partial charge in [-0.05, 0) is 20.8 Å². The molecule has 5 rings (SSSR count). The van der Waals surface area contributed by atoms with E-state index in [9.17, 15) is 14.7 Å². The fourth-order valence-electron chi connectivity index (χ4n) is 4.58. The Balaban J connectivity index is 1.58. The largest absolute Gasteiger partial charge is 0.480 e. The smallest absolute Gasteiger partial charge is 0.327 e. The minimum Gasteiger partial charge on any atom is -0.480 e. The van der Waals surface area contributed by atoms with Gasteiger partial charge in [0.2, 0.25) is 0 Å². The topological polar surface area (TPSA) is 95.7 Å². The lowest BCUT2D eigenvalue weighted by atomic mass is 9.85. The second-order valence-corrected chi connectivity index (χ2v) is 10.6. The average molecular weight is 450 g/mol. The van der Waals surface area contributed by atoms with E-state index < -0.39 is 22.3 Å². The number of nitrogens with zero attached hydrogens (tertiary/aromatic N) is 2. The monoisotopic (exact) mass is 449 g/mol. The molecule has 1 unspecified atom stereocenters. The quantitative estimate of drug-likeness (QED) is 0.560. The maximum absolute atomic E-state index is 13.3. The number of anilines is 1. The second-order valence-electron chi connectivity index (χ2n) is 8.82. The van der Waals surface area contributed by atoms with Crippen molar-refractivity contribution in [2.75, 3.05) is 5.32 Å². The number of carbonyl (C=O) groups is 2.